The van der Waals surface area contributed by atoms with Gasteiger partial charge in [-0.3, -0.25) is 14.6 Å². The van der Waals surface area contributed by atoms with Crippen molar-refractivity contribution in [1.29, 1.82) is 0 Å². The van der Waals surface area contributed by atoms with Gasteiger partial charge in [0.2, 0.25) is 5.91 Å². The van der Waals surface area contributed by atoms with E-state index in [0.717, 1.165) is 5.56 Å². The second-order valence-corrected chi connectivity index (χ2v) is 6.23. The molecule has 8 heteroatoms. The number of ether oxygens (including phenoxy) is 2. The Morgan fingerprint density at radius 1 is 1.04 bits per heavy atom. The minimum absolute atomic E-state index is 0.138. The van der Waals surface area contributed by atoms with Gasteiger partial charge in [-0.05, 0) is 50.1 Å². The Morgan fingerprint density at radius 2 is 1.79 bits per heavy atom. The van der Waals surface area contributed by atoms with Crippen molar-refractivity contribution in [2.24, 2.45) is 0 Å². The normalized spacial score (nSPS) is 10.2. The van der Waals surface area contributed by atoms with E-state index in [2.05, 4.69) is 15.6 Å². The summed E-state index contributed by atoms with van der Waals surface area (Å²) >= 11 is 5.82. The van der Waals surface area contributed by atoms with Gasteiger partial charge < -0.3 is 20.1 Å². The van der Waals surface area contributed by atoms with Crippen LogP contribution in [0.3, 0.4) is 0 Å². The Morgan fingerprint density at radius 3 is 2.50 bits per heavy atom. The topological polar surface area (TPSA) is 89.6 Å². The molecule has 1 aromatic heterocycles. The van der Waals surface area contributed by atoms with Crippen LogP contribution >= 0.6 is 11.6 Å². The molecule has 0 bridgehead atoms. The molecule has 0 unspecified atom stereocenters. The van der Waals surface area contributed by atoms with Gasteiger partial charge in [0.25, 0.3) is 5.91 Å². The lowest BCUT2D eigenvalue weighted by atomic mass is 10.1. The molecule has 0 fully saturated rings. The van der Waals surface area contributed by atoms with Crippen LogP contribution in [0.2, 0.25) is 5.02 Å². The molecule has 0 saturated heterocycles. The maximum atomic E-state index is 11.9. The zero-order valence-electron chi connectivity index (χ0n) is 16.0. The maximum absolute atomic E-state index is 11.9. The van der Waals surface area contributed by atoms with Crippen molar-refractivity contribution >= 4 is 23.4 Å². The predicted molar refractivity (Wildman–Crippen MR) is 107 cm³/mol. The molecule has 0 aliphatic rings. The number of carbonyl (C=O) groups excluding carboxylic acids is 2. The SMILES string of the molecule is CCOc1ccc(CCNC(=O)CNC(=O)c2cc(Cl)ccn2)cc1OCC. The Balaban J connectivity index is 1.78. The van der Waals surface area contributed by atoms with E-state index >= 15 is 0 Å². The summed E-state index contributed by atoms with van der Waals surface area (Å²) in [6, 6.07) is 8.73. The zero-order chi connectivity index (χ0) is 20.4. The molecule has 0 spiro atoms. The number of nitrogens with one attached hydrogen (secondary N) is 2. The van der Waals surface area contributed by atoms with Gasteiger partial charge in [-0.1, -0.05) is 17.7 Å². The Labute approximate surface area is 169 Å². The molecule has 0 aliphatic carbocycles. The summed E-state index contributed by atoms with van der Waals surface area (Å²) in [7, 11) is 0. The molecular weight excluding hydrogens is 382 g/mol. The first-order valence-electron chi connectivity index (χ1n) is 9.08. The van der Waals surface area contributed by atoms with E-state index in [1.807, 2.05) is 32.0 Å². The van der Waals surface area contributed by atoms with E-state index in [9.17, 15) is 9.59 Å². The highest BCUT2D eigenvalue weighted by Gasteiger charge is 2.10. The summed E-state index contributed by atoms with van der Waals surface area (Å²) in [5.41, 5.74) is 1.18. The quantitative estimate of drug-likeness (QED) is 0.634. The highest BCUT2D eigenvalue weighted by molar-refractivity contribution is 6.30. The first kappa shape index (κ1) is 21.5. The summed E-state index contributed by atoms with van der Waals surface area (Å²) in [6.45, 7) is 5.23. The van der Waals surface area contributed by atoms with Crippen LogP contribution in [0.1, 0.15) is 29.9 Å². The largest absolute Gasteiger partial charge is 0.490 e. The van der Waals surface area contributed by atoms with E-state index in [4.69, 9.17) is 21.1 Å². The van der Waals surface area contributed by atoms with Crippen LogP contribution in [0.25, 0.3) is 0 Å². The third-order valence-electron chi connectivity index (χ3n) is 3.71. The monoisotopic (exact) mass is 405 g/mol. The van der Waals surface area contributed by atoms with Gasteiger partial charge in [-0.15, -0.1) is 0 Å². The number of halogens is 1. The molecule has 7 nitrogen and oxygen atoms in total. The van der Waals surface area contributed by atoms with Crippen LogP contribution in [0.4, 0.5) is 0 Å². The number of rotatable bonds is 10. The van der Waals surface area contributed by atoms with Crippen LogP contribution in [0.15, 0.2) is 36.5 Å². The van der Waals surface area contributed by atoms with Crippen LogP contribution in [0, 0.1) is 0 Å². The summed E-state index contributed by atoms with van der Waals surface area (Å²) in [5, 5.41) is 5.69. The molecule has 0 atom stereocenters. The van der Waals surface area contributed by atoms with Gasteiger partial charge in [0.05, 0.1) is 19.8 Å². The van der Waals surface area contributed by atoms with Crippen LogP contribution in [-0.2, 0) is 11.2 Å². The van der Waals surface area contributed by atoms with Gasteiger partial charge >= 0.3 is 0 Å². The minimum atomic E-state index is -0.453. The molecule has 2 aromatic rings. The third-order valence-corrected chi connectivity index (χ3v) is 3.94. The molecule has 2 N–H and O–H groups in total. The molecule has 1 aromatic carbocycles. The van der Waals surface area contributed by atoms with E-state index in [1.54, 1.807) is 6.07 Å². The molecule has 2 amide bonds. The van der Waals surface area contributed by atoms with E-state index in [-0.39, 0.29) is 18.1 Å². The van der Waals surface area contributed by atoms with Crippen molar-refractivity contribution in [3.8, 4) is 11.5 Å². The van der Waals surface area contributed by atoms with Crippen molar-refractivity contribution in [3.63, 3.8) is 0 Å². The van der Waals surface area contributed by atoms with Crippen LogP contribution in [-0.4, -0.2) is 43.1 Å². The Hall–Kier alpha value is -2.80. The van der Waals surface area contributed by atoms with Crippen molar-refractivity contribution < 1.29 is 19.1 Å². The highest BCUT2D eigenvalue weighted by atomic mass is 35.5. The standard InChI is InChI=1S/C20H24ClN3O4/c1-3-27-17-6-5-14(11-18(17)28-4-2)7-9-23-19(25)13-24-20(26)16-12-15(21)8-10-22-16/h5-6,8,10-12H,3-4,7,9,13H2,1-2H3,(H,23,25)(H,24,26). The average molecular weight is 406 g/mol. The van der Waals surface area contributed by atoms with Crippen molar-refractivity contribution in [3.05, 3.63) is 52.8 Å². The zero-order valence-corrected chi connectivity index (χ0v) is 16.7. The average Bonchev–Trinajstić information content (AvgIpc) is 2.68. The minimum Gasteiger partial charge on any atom is -0.490 e. The highest BCUT2D eigenvalue weighted by Crippen LogP contribution is 2.28. The summed E-state index contributed by atoms with van der Waals surface area (Å²) in [4.78, 5) is 27.8. The van der Waals surface area contributed by atoms with Crippen molar-refractivity contribution in [2.75, 3.05) is 26.3 Å². The fourth-order valence-electron chi connectivity index (χ4n) is 2.44. The van der Waals surface area contributed by atoms with Crippen molar-refractivity contribution in [1.82, 2.24) is 15.6 Å². The second-order valence-electron chi connectivity index (χ2n) is 5.79. The molecule has 0 radical (unpaired) electrons. The predicted octanol–water partition coefficient (Wildman–Crippen LogP) is 2.62. The fraction of sp³-hybridized carbons (Fsp3) is 0.350. The lowest BCUT2D eigenvalue weighted by Crippen LogP contribution is -2.37. The Kier molecular flexibility index (Phi) is 8.55. The fourth-order valence-corrected chi connectivity index (χ4v) is 2.60. The molecule has 0 saturated carbocycles. The van der Waals surface area contributed by atoms with Crippen LogP contribution < -0.4 is 20.1 Å². The third kappa shape index (κ3) is 6.74. The molecule has 0 aliphatic heterocycles. The number of nitrogens with zero attached hydrogens (tertiary/aromatic N) is 1. The molecule has 150 valence electrons. The second kappa shape index (κ2) is 11.1. The summed E-state index contributed by atoms with van der Waals surface area (Å²) in [5.74, 6) is 0.654. The summed E-state index contributed by atoms with van der Waals surface area (Å²) < 4.78 is 11.1. The smallest absolute Gasteiger partial charge is 0.270 e. The molecule has 1 heterocycles. The van der Waals surface area contributed by atoms with Gasteiger partial charge in [-0.25, -0.2) is 0 Å². The Bertz CT molecular complexity index is 814. The lowest BCUT2D eigenvalue weighted by Gasteiger charge is -2.12. The van der Waals surface area contributed by atoms with E-state index in [0.29, 0.717) is 42.7 Å². The number of hydrogen-bond acceptors (Lipinski definition) is 5. The summed E-state index contributed by atoms with van der Waals surface area (Å²) in [6.07, 6.45) is 2.06. The number of benzene rings is 1. The molecule has 2 rings (SSSR count). The number of pyridine rings is 1. The van der Waals surface area contributed by atoms with E-state index in [1.165, 1.54) is 12.3 Å². The van der Waals surface area contributed by atoms with Gasteiger partial charge in [-0.2, -0.15) is 0 Å². The number of aromatic nitrogens is 1. The number of carbonyl (C=O) groups is 2. The first-order chi connectivity index (χ1) is 13.5. The van der Waals surface area contributed by atoms with Gasteiger partial charge in [0, 0.05) is 17.8 Å². The van der Waals surface area contributed by atoms with Gasteiger partial charge in [0.15, 0.2) is 11.5 Å². The van der Waals surface area contributed by atoms with Gasteiger partial charge in [0.1, 0.15) is 5.69 Å². The maximum Gasteiger partial charge on any atom is 0.270 e. The first-order valence-corrected chi connectivity index (χ1v) is 9.46. The lowest BCUT2D eigenvalue weighted by molar-refractivity contribution is -0.120. The molecule has 28 heavy (non-hydrogen) atoms. The van der Waals surface area contributed by atoms with Crippen LogP contribution in [0.5, 0.6) is 11.5 Å². The number of amides is 2. The molecular formula is C20H24ClN3O4. The van der Waals surface area contributed by atoms with E-state index < -0.39 is 5.91 Å². The van der Waals surface area contributed by atoms with Crippen molar-refractivity contribution in [2.45, 2.75) is 20.3 Å². The number of hydrogen-bond donors (Lipinski definition) is 2.